The summed E-state index contributed by atoms with van der Waals surface area (Å²) in [6.45, 7) is 9.56. The molecule has 1 aromatic rings. The second kappa shape index (κ2) is 25.5. The number of allylic oxidation sites excluding steroid dienone is 4. The normalized spacial score (nSPS) is 14.0. The van der Waals surface area contributed by atoms with Crippen LogP contribution in [0, 0.1) is 6.08 Å². The van der Waals surface area contributed by atoms with E-state index in [4.69, 9.17) is 0 Å². The SMILES string of the molecule is CCCCCCCCCCCCCCCCCC[Si](C)(C1=C(C)C[C-]=C1C)c1ccccc1.[Cl-].[Cl-].[Cl-].[Ti+4]. The third-order valence-corrected chi connectivity index (χ3v) is 12.8. The second-order valence-corrected chi connectivity index (χ2v) is 15.1. The standard InChI is InChI=1S/C32H53Si.3ClH.Ti/c1-5-6-7-8-9-10-11-12-13-14-15-16-17-18-19-23-28-33(4,31-24-21-20-22-25-31)32-29(2)26-27-30(32)3;;;;/h20-22,24-25H,5-19,23,26,28H2,1-4H3;3*1H;/q-1;;;;+4/p-3. The van der Waals surface area contributed by atoms with Gasteiger partial charge in [-0.2, -0.15) is 10.8 Å². The molecule has 1 aliphatic carbocycles. The molecule has 0 heterocycles. The molecule has 0 fully saturated rings. The van der Waals surface area contributed by atoms with Gasteiger partial charge in [0.2, 0.25) is 0 Å². The molecule has 1 aliphatic rings. The Kier molecular flexibility index (Phi) is 28.9. The van der Waals surface area contributed by atoms with Crippen molar-refractivity contribution in [3.8, 4) is 0 Å². The van der Waals surface area contributed by atoms with E-state index in [1.165, 1.54) is 114 Å². The summed E-state index contributed by atoms with van der Waals surface area (Å²) in [6.07, 6.45) is 27.8. The summed E-state index contributed by atoms with van der Waals surface area (Å²) in [6, 6.07) is 12.8. The Hall–Kier alpha value is 0.501. The van der Waals surface area contributed by atoms with E-state index in [9.17, 15) is 0 Å². The van der Waals surface area contributed by atoms with Gasteiger partial charge in [0.25, 0.3) is 0 Å². The van der Waals surface area contributed by atoms with Crippen molar-refractivity contribution in [1.29, 1.82) is 0 Å². The van der Waals surface area contributed by atoms with Crippen LogP contribution in [0.3, 0.4) is 0 Å². The zero-order chi connectivity index (χ0) is 23.8. The zero-order valence-corrected chi connectivity index (χ0v) is 29.1. The van der Waals surface area contributed by atoms with E-state index in [-0.39, 0.29) is 58.9 Å². The van der Waals surface area contributed by atoms with Crippen LogP contribution in [0.1, 0.15) is 130 Å². The third-order valence-electron chi connectivity index (χ3n) is 7.91. The Morgan fingerprint density at radius 2 is 1.05 bits per heavy atom. The number of benzene rings is 1. The Bertz CT molecular complexity index is 720. The fourth-order valence-electron chi connectivity index (χ4n) is 5.89. The molecule has 0 radical (unpaired) electrons. The molecule has 5 heteroatoms. The molecule has 1 unspecified atom stereocenters. The van der Waals surface area contributed by atoms with E-state index >= 15 is 0 Å². The minimum absolute atomic E-state index is 0. The molecule has 2 rings (SSSR count). The van der Waals surface area contributed by atoms with E-state index < -0.39 is 8.07 Å². The van der Waals surface area contributed by atoms with Crippen molar-refractivity contribution in [2.45, 2.75) is 143 Å². The van der Waals surface area contributed by atoms with Gasteiger partial charge in [-0.05, 0) is 0 Å². The van der Waals surface area contributed by atoms with Crippen molar-refractivity contribution in [2.75, 3.05) is 0 Å². The first-order valence-electron chi connectivity index (χ1n) is 14.4. The monoisotopic (exact) mass is 618 g/mol. The van der Waals surface area contributed by atoms with Gasteiger partial charge in [0.05, 0.1) is 0 Å². The molecule has 1 atom stereocenters. The Balaban J connectivity index is -0.00000289. The average Bonchev–Trinajstić information content (AvgIpc) is 3.17. The molecule has 0 nitrogen and oxygen atoms in total. The van der Waals surface area contributed by atoms with E-state index in [0.717, 1.165) is 6.42 Å². The predicted molar refractivity (Wildman–Crippen MR) is 152 cm³/mol. The van der Waals surface area contributed by atoms with Crippen LogP contribution >= 0.6 is 0 Å². The Morgan fingerprint density at radius 3 is 1.43 bits per heavy atom. The van der Waals surface area contributed by atoms with Gasteiger partial charge in [0.15, 0.2) is 0 Å². The summed E-state index contributed by atoms with van der Waals surface area (Å²) in [5.74, 6) is 0. The van der Waals surface area contributed by atoms with E-state index in [1.807, 2.05) is 0 Å². The summed E-state index contributed by atoms with van der Waals surface area (Å²) in [7, 11) is -1.65. The van der Waals surface area contributed by atoms with Crippen molar-refractivity contribution in [3.05, 3.63) is 52.8 Å². The molecular weight excluding hydrogens is 567 g/mol. The number of hydrogen-bond donors (Lipinski definition) is 0. The second-order valence-electron chi connectivity index (χ2n) is 10.9. The van der Waals surface area contributed by atoms with Crippen molar-refractivity contribution >= 4 is 13.3 Å². The summed E-state index contributed by atoms with van der Waals surface area (Å²) >= 11 is 0. The van der Waals surface area contributed by atoms with Crippen LogP contribution in [0.25, 0.3) is 0 Å². The van der Waals surface area contributed by atoms with Crippen molar-refractivity contribution in [2.24, 2.45) is 0 Å². The Labute approximate surface area is 265 Å². The maximum absolute atomic E-state index is 3.63. The summed E-state index contributed by atoms with van der Waals surface area (Å²) in [5.41, 5.74) is 3.03. The molecule has 1 aromatic carbocycles. The fourth-order valence-corrected chi connectivity index (χ4v) is 10.6. The van der Waals surface area contributed by atoms with Gasteiger partial charge < -0.3 is 37.2 Å². The molecule has 0 amide bonds. The van der Waals surface area contributed by atoms with Crippen LogP contribution in [-0.4, -0.2) is 8.07 Å². The molecule has 210 valence electrons. The van der Waals surface area contributed by atoms with Crippen molar-refractivity contribution in [1.82, 2.24) is 0 Å². The topological polar surface area (TPSA) is 0 Å². The van der Waals surface area contributed by atoms with Gasteiger partial charge in [-0.15, -0.1) is 6.42 Å². The first-order chi connectivity index (χ1) is 16.1. The molecule has 37 heavy (non-hydrogen) atoms. The largest absolute Gasteiger partial charge is 4.00 e. The summed E-state index contributed by atoms with van der Waals surface area (Å²) in [4.78, 5) is 0. The predicted octanol–water partition coefficient (Wildman–Crippen LogP) is 1.25. The van der Waals surface area contributed by atoms with Crippen LogP contribution in [0.5, 0.6) is 0 Å². The van der Waals surface area contributed by atoms with Crippen LogP contribution in [0.4, 0.5) is 0 Å². The maximum atomic E-state index is 3.63. The van der Waals surface area contributed by atoms with Crippen molar-refractivity contribution < 1.29 is 58.9 Å². The zero-order valence-electron chi connectivity index (χ0n) is 24.2. The van der Waals surface area contributed by atoms with Crippen LogP contribution < -0.4 is 42.4 Å². The molecule has 0 aliphatic heterocycles. The minimum Gasteiger partial charge on any atom is -1.00 e. The average molecular weight is 620 g/mol. The van der Waals surface area contributed by atoms with Gasteiger partial charge in [-0.3, -0.25) is 6.08 Å². The van der Waals surface area contributed by atoms with Gasteiger partial charge in [-0.1, -0.05) is 172 Å². The molecule has 0 aromatic heterocycles. The number of hydrogen-bond acceptors (Lipinski definition) is 0. The van der Waals surface area contributed by atoms with E-state index in [0.29, 0.717) is 0 Å². The Morgan fingerprint density at radius 1 is 0.649 bits per heavy atom. The van der Waals surface area contributed by atoms with Crippen LogP contribution in [0.15, 0.2) is 46.7 Å². The molecular formula is C32H53Cl3SiTi. The number of halogens is 3. The van der Waals surface area contributed by atoms with Crippen LogP contribution in [0.2, 0.25) is 12.6 Å². The van der Waals surface area contributed by atoms with Gasteiger partial charge in [0.1, 0.15) is 0 Å². The van der Waals surface area contributed by atoms with Gasteiger partial charge in [-0.25, -0.2) is 5.57 Å². The fraction of sp³-hybridized carbons (Fsp3) is 0.688. The van der Waals surface area contributed by atoms with Gasteiger partial charge >= 0.3 is 21.7 Å². The molecule has 0 spiro atoms. The summed E-state index contributed by atoms with van der Waals surface area (Å²) < 4.78 is 0. The van der Waals surface area contributed by atoms with Gasteiger partial charge in [0, 0.05) is 8.07 Å². The molecule has 0 N–H and O–H groups in total. The minimum atomic E-state index is -1.65. The molecule has 0 saturated carbocycles. The third kappa shape index (κ3) is 15.8. The molecule has 0 bridgehead atoms. The van der Waals surface area contributed by atoms with Crippen LogP contribution in [-0.2, 0) is 21.7 Å². The number of rotatable bonds is 19. The maximum Gasteiger partial charge on any atom is 4.00 e. The van der Waals surface area contributed by atoms with Crippen molar-refractivity contribution in [3.63, 3.8) is 0 Å². The smallest absolute Gasteiger partial charge is 1.00 e. The quantitative estimate of drug-likeness (QED) is 0.124. The first kappa shape index (κ1) is 42.0. The van der Waals surface area contributed by atoms with E-state index in [1.54, 1.807) is 16.0 Å². The number of unbranched alkanes of at least 4 members (excludes halogenated alkanes) is 15. The first-order valence-corrected chi connectivity index (χ1v) is 17.1. The summed E-state index contributed by atoms with van der Waals surface area (Å²) in [5, 5.41) is 3.32. The van der Waals surface area contributed by atoms with E-state index in [2.05, 4.69) is 63.7 Å². The molecule has 0 saturated heterocycles.